The van der Waals surface area contributed by atoms with Gasteiger partial charge in [0.15, 0.2) is 0 Å². The topological polar surface area (TPSA) is 70.7 Å². The highest BCUT2D eigenvalue weighted by molar-refractivity contribution is 6.31. The number of hydrogen-bond donors (Lipinski definition) is 2. The van der Waals surface area contributed by atoms with Crippen LogP contribution in [0.1, 0.15) is 19.4 Å². The fourth-order valence-electron chi connectivity index (χ4n) is 2.56. The van der Waals surface area contributed by atoms with E-state index >= 15 is 0 Å². The number of carbonyl (C=O) groups excluding carboxylic acids is 2. The van der Waals surface area contributed by atoms with Gasteiger partial charge in [-0.15, -0.1) is 0 Å². The summed E-state index contributed by atoms with van der Waals surface area (Å²) in [6, 6.07) is 12.2. The molecular formula is C20H24ClN3O3. The number of amides is 2. The van der Waals surface area contributed by atoms with Gasteiger partial charge in [-0.05, 0) is 43.8 Å². The first-order valence-corrected chi connectivity index (χ1v) is 8.89. The number of halogens is 1. The first-order chi connectivity index (χ1) is 12.8. The molecule has 0 bridgehead atoms. The van der Waals surface area contributed by atoms with E-state index < -0.39 is 6.04 Å². The quantitative estimate of drug-likeness (QED) is 0.756. The molecule has 0 saturated heterocycles. The Bertz CT molecular complexity index is 826. The van der Waals surface area contributed by atoms with Crippen LogP contribution in [0.2, 0.25) is 5.02 Å². The van der Waals surface area contributed by atoms with Crippen LogP contribution >= 0.6 is 11.6 Å². The molecule has 0 aliphatic carbocycles. The molecule has 0 spiro atoms. The van der Waals surface area contributed by atoms with Gasteiger partial charge >= 0.3 is 0 Å². The Morgan fingerprint density at radius 2 is 1.89 bits per heavy atom. The van der Waals surface area contributed by atoms with Crippen LogP contribution in [0.4, 0.5) is 11.4 Å². The van der Waals surface area contributed by atoms with Crippen LogP contribution in [-0.4, -0.2) is 36.9 Å². The number of rotatable bonds is 7. The average Bonchev–Trinajstić information content (AvgIpc) is 2.62. The largest absolute Gasteiger partial charge is 0.495 e. The van der Waals surface area contributed by atoms with Crippen molar-refractivity contribution in [2.24, 2.45) is 0 Å². The number of carbonyl (C=O) groups is 2. The molecule has 0 fully saturated rings. The summed E-state index contributed by atoms with van der Waals surface area (Å²) in [5.74, 6) is 0.131. The lowest BCUT2D eigenvalue weighted by Crippen LogP contribution is -2.39. The van der Waals surface area contributed by atoms with Gasteiger partial charge in [-0.25, -0.2) is 0 Å². The number of ether oxygens (including phenoxy) is 1. The third-order valence-corrected chi connectivity index (χ3v) is 4.56. The Morgan fingerprint density at radius 3 is 2.52 bits per heavy atom. The smallest absolute Gasteiger partial charge is 0.241 e. The molecule has 0 aromatic heterocycles. The van der Waals surface area contributed by atoms with Crippen LogP contribution in [-0.2, 0) is 16.1 Å². The molecular weight excluding hydrogens is 366 g/mol. The molecule has 2 rings (SSSR count). The molecule has 0 saturated carbocycles. The van der Waals surface area contributed by atoms with Crippen molar-refractivity contribution in [3.8, 4) is 5.75 Å². The van der Waals surface area contributed by atoms with Crippen molar-refractivity contribution in [2.75, 3.05) is 24.8 Å². The predicted octanol–water partition coefficient (Wildman–Crippen LogP) is 3.77. The Balaban J connectivity index is 2.10. The zero-order valence-corrected chi connectivity index (χ0v) is 16.6. The van der Waals surface area contributed by atoms with Crippen LogP contribution in [0, 0.1) is 0 Å². The second kappa shape index (κ2) is 9.39. The number of methoxy groups -OCH3 is 1. The molecule has 0 aliphatic heterocycles. The van der Waals surface area contributed by atoms with Crippen molar-refractivity contribution in [3.63, 3.8) is 0 Å². The van der Waals surface area contributed by atoms with Crippen LogP contribution < -0.4 is 15.4 Å². The van der Waals surface area contributed by atoms with E-state index in [4.69, 9.17) is 16.3 Å². The minimum Gasteiger partial charge on any atom is -0.495 e. The fourth-order valence-corrected chi connectivity index (χ4v) is 2.75. The molecule has 6 nitrogen and oxygen atoms in total. The van der Waals surface area contributed by atoms with Crippen LogP contribution in [0.25, 0.3) is 0 Å². The number of nitrogens with zero attached hydrogens (tertiary/aromatic N) is 1. The summed E-state index contributed by atoms with van der Waals surface area (Å²) in [5, 5.41) is 6.22. The molecule has 7 heteroatoms. The maximum Gasteiger partial charge on any atom is 0.241 e. The molecule has 2 aromatic rings. The van der Waals surface area contributed by atoms with Gasteiger partial charge in [-0.2, -0.15) is 0 Å². The van der Waals surface area contributed by atoms with Gasteiger partial charge in [0.05, 0.1) is 18.8 Å². The summed E-state index contributed by atoms with van der Waals surface area (Å²) in [6.07, 6.45) is 0. The lowest BCUT2D eigenvalue weighted by molar-refractivity contribution is -0.120. The first-order valence-electron chi connectivity index (χ1n) is 8.52. The minimum absolute atomic E-state index is 0.190. The number of likely N-dealkylation sites (N-methyl/N-ethyl adjacent to an activating group) is 1. The number of nitrogens with one attached hydrogen (secondary N) is 2. The summed E-state index contributed by atoms with van der Waals surface area (Å²) in [7, 11) is 3.38. The highest BCUT2D eigenvalue weighted by atomic mass is 35.5. The summed E-state index contributed by atoms with van der Waals surface area (Å²) >= 11 is 6.20. The van der Waals surface area contributed by atoms with E-state index in [1.807, 2.05) is 43.1 Å². The van der Waals surface area contributed by atoms with Crippen LogP contribution in [0.5, 0.6) is 5.75 Å². The monoisotopic (exact) mass is 389 g/mol. The Kier molecular flexibility index (Phi) is 7.21. The van der Waals surface area contributed by atoms with E-state index in [2.05, 4.69) is 10.6 Å². The van der Waals surface area contributed by atoms with Gasteiger partial charge < -0.3 is 15.4 Å². The van der Waals surface area contributed by atoms with Crippen molar-refractivity contribution in [1.29, 1.82) is 0 Å². The second-order valence-corrected chi connectivity index (χ2v) is 6.68. The van der Waals surface area contributed by atoms with Crippen molar-refractivity contribution < 1.29 is 14.3 Å². The van der Waals surface area contributed by atoms with E-state index in [0.29, 0.717) is 28.7 Å². The van der Waals surface area contributed by atoms with Gasteiger partial charge in [0.1, 0.15) is 5.75 Å². The SMILES string of the molecule is COc1ccc(NC(C)=O)cc1NC(=O)C(C)N(C)Cc1ccccc1Cl. The second-order valence-electron chi connectivity index (χ2n) is 6.27. The Morgan fingerprint density at radius 1 is 1.19 bits per heavy atom. The minimum atomic E-state index is -0.407. The number of benzene rings is 2. The van der Waals surface area contributed by atoms with E-state index in [-0.39, 0.29) is 11.8 Å². The van der Waals surface area contributed by atoms with Gasteiger partial charge in [0.25, 0.3) is 0 Å². The zero-order valence-electron chi connectivity index (χ0n) is 15.9. The van der Waals surface area contributed by atoms with Crippen molar-refractivity contribution in [1.82, 2.24) is 4.90 Å². The molecule has 27 heavy (non-hydrogen) atoms. The summed E-state index contributed by atoms with van der Waals surface area (Å²) < 4.78 is 5.30. The lowest BCUT2D eigenvalue weighted by Gasteiger charge is -2.24. The fraction of sp³-hybridized carbons (Fsp3) is 0.300. The molecule has 144 valence electrons. The molecule has 2 aromatic carbocycles. The number of hydrogen-bond acceptors (Lipinski definition) is 4. The standard InChI is InChI=1S/C20H24ClN3O3/c1-13(24(3)12-15-7-5-6-8-17(15)21)20(26)23-18-11-16(22-14(2)25)9-10-19(18)27-4/h5-11,13H,12H2,1-4H3,(H,22,25)(H,23,26). The van der Waals surface area contributed by atoms with Crippen molar-refractivity contribution in [2.45, 2.75) is 26.4 Å². The third kappa shape index (κ3) is 5.70. The van der Waals surface area contributed by atoms with E-state index in [0.717, 1.165) is 5.56 Å². The molecule has 0 radical (unpaired) electrons. The average molecular weight is 390 g/mol. The van der Waals surface area contributed by atoms with Gasteiger partial charge in [-0.3, -0.25) is 14.5 Å². The highest BCUT2D eigenvalue weighted by Crippen LogP contribution is 2.28. The van der Waals surface area contributed by atoms with Crippen molar-refractivity contribution >= 4 is 34.8 Å². The lowest BCUT2D eigenvalue weighted by atomic mass is 10.1. The predicted molar refractivity (Wildman–Crippen MR) is 108 cm³/mol. The van der Waals surface area contributed by atoms with Gasteiger partial charge in [-0.1, -0.05) is 29.8 Å². The summed E-state index contributed by atoms with van der Waals surface area (Å²) in [5.41, 5.74) is 2.02. The maximum absolute atomic E-state index is 12.7. The third-order valence-electron chi connectivity index (χ3n) is 4.20. The molecule has 1 atom stereocenters. The molecule has 0 aliphatic rings. The van der Waals surface area contributed by atoms with Gasteiger partial charge in [0.2, 0.25) is 11.8 Å². The molecule has 2 N–H and O–H groups in total. The van der Waals surface area contributed by atoms with E-state index in [9.17, 15) is 9.59 Å². The Labute approximate surface area is 164 Å². The zero-order chi connectivity index (χ0) is 20.0. The molecule has 0 heterocycles. The molecule has 1 unspecified atom stereocenters. The van der Waals surface area contributed by atoms with E-state index in [1.54, 1.807) is 18.2 Å². The molecule has 2 amide bonds. The van der Waals surface area contributed by atoms with Gasteiger partial charge in [0, 0.05) is 24.2 Å². The normalized spacial score (nSPS) is 11.8. The van der Waals surface area contributed by atoms with Crippen LogP contribution in [0.3, 0.4) is 0 Å². The Hall–Kier alpha value is -2.57. The first kappa shape index (κ1) is 20.7. The highest BCUT2D eigenvalue weighted by Gasteiger charge is 2.20. The van der Waals surface area contributed by atoms with E-state index in [1.165, 1.54) is 14.0 Å². The summed E-state index contributed by atoms with van der Waals surface area (Å²) in [4.78, 5) is 25.9. The number of anilines is 2. The summed E-state index contributed by atoms with van der Waals surface area (Å²) in [6.45, 7) is 3.78. The van der Waals surface area contributed by atoms with Crippen LogP contribution in [0.15, 0.2) is 42.5 Å². The maximum atomic E-state index is 12.7. The van der Waals surface area contributed by atoms with Crippen molar-refractivity contribution in [3.05, 3.63) is 53.1 Å².